The summed E-state index contributed by atoms with van der Waals surface area (Å²) in [6.07, 6.45) is 0.807. The summed E-state index contributed by atoms with van der Waals surface area (Å²) in [7, 11) is 0. The van der Waals surface area contributed by atoms with Gasteiger partial charge in [-0.05, 0) is 56.7 Å². The molecule has 2 amide bonds. The Hall–Kier alpha value is -3.32. The molecule has 2 N–H and O–H groups in total. The molecule has 0 bridgehead atoms. The molecule has 8 heteroatoms. The third kappa shape index (κ3) is 5.64. The van der Waals surface area contributed by atoms with Crippen molar-refractivity contribution in [1.29, 1.82) is 0 Å². The van der Waals surface area contributed by atoms with Crippen LogP contribution < -0.4 is 15.4 Å². The van der Waals surface area contributed by atoms with Gasteiger partial charge < -0.3 is 19.9 Å². The number of aromatic nitrogens is 1. The topological polar surface area (TPSA) is 93.5 Å². The molecule has 31 heavy (non-hydrogen) atoms. The summed E-state index contributed by atoms with van der Waals surface area (Å²) in [5.74, 6) is 0.570. The third-order valence-electron chi connectivity index (χ3n) is 4.67. The van der Waals surface area contributed by atoms with Gasteiger partial charge in [-0.3, -0.25) is 9.59 Å². The van der Waals surface area contributed by atoms with Gasteiger partial charge in [-0.25, -0.2) is 0 Å². The first-order valence-corrected chi connectivity index (χ1v) is 10.3. The van der Waals surface area contributed by atoms with Crippen molar-refractivity contribution in [2.24, 2.45) is 0 Å². The molecule has 0 unspecified atom stereocenters. The van der Waals surface area contributed by atoms with Crippen molar-refractivity contribution in [3.8, 4) is 5.75 Å². The van der Waals surface area contributed by atoms with E-state index in [4.69, 9.17) is 20.9 Å². The number of hydrogen-bond donors (Lipinski definition) is 2. The van der Waals surface area contributed by atoms with E-state index >= 15 is 0 Å². The Morgan fingerprint density at radius 1 is 1.13 bits per heavy atom. The molecule has 3 rings (SSSR count). The van der Waals surface area contributed by atoms with Gasteiger partial charge in [0.2, 0.25) is 0 Å². The van der Waals surface area contributed by atoms with E-state index in [-0.39, 0.29) is 18.4 Å². The molecule has 0 saturated heterocycles. The van der Waals surface area contributed by atoms with Crippen molar-refractivity contribution in [1.82, 2.24) is 10.5 Å². The quantitative estimate of drug-likeness (QED) is 0.517. The third-order valence-corrected chi connectivity index (χ3v) is 4.91. The van der Waals surface area contributed by atoms with Gasteiger partial charge >= 0.3 is 0 Å². The minimum Gasteiger partial charge on any atom is -0.489 e. The monoisotopic (exact) mass is 441 g/mol. The Labute approximate surface area is 185 Å². The fourth-order valence-corrected chi connectivity index (χ4v) is 3.11. The van der Waals surface area contributed by atoms with Crippen molar-refractivity contribution in [3.05, 3.63) is 75.6 Å². The van der Waals surface area contributed by atoms with Crippen LogP contribution in [0.5, 0.6) is 5.75 Å². The van der Waals surface area contributed by atoms with Crippen LogP contribution in [0.1, 0.15) is 51.1 Å². The number of rotatable bonds is 8. The predicted octanol–water partition coefficient (Wildman–Crippen LogP) is 4.92. The molecule has 0 aliphatic heterocycles. The summed E-state index contributed by atoms with van der Waals surface area (Å²) in [4.78, 5) is 25.3. The van der Waals surface area contributed by atoms with Crippen LogP contribution in [0.3, 0.4) is 0 Å². The Morgan fingerprint density at radius 2 is 1.94 bits per heavy atom. The van der Waals surface area contributed by atoms with E-state index < -0.39 is 0 Å². The molecule has 0 radical (unpaired) electrons. The largest absolute Gasteiger partial charge is 0.489 e. The molecule has 0 fully saturated rings. The molecule has 1 aromatic heterocycles. The Balaban J connectivity index is 1.74. The number of nitrogens with zero attached hydrogens (tertiary/aromatic N) is 1. The van der Waals surface area contributed by atoms with Crippen molar-refractivity contribution in [3.63, 3.8) is 0 Å². The average Bonchev–Trinajstić information content (AvgIpc) is 3.08. The fourth-order valence-electron chi connectivity index (χ4n) is 2.94. The maximum absolute atomic E-state index is 12.8. The smallest absolute Gasteiger partial charge is 0.255 e. The van der Waals surface area contributed by atoms with Crippen LogP contribution in [-0.2, 0) is 6.61 Å². The second-order valence-corrected chi connectivity index (χ2v) is 7.46. The van der Waals surface area contributed by atoms with E-state index in [1.807, 2.05) is 20.8 Å². The highest BCUT2D eigenvalue weighted by Crippen LogP contribution is 2.23. The lowest BCUT2D eigenvalue weighted by Gasteiger charge is -2.13. The maximum Gasteiger partial charge on any atom is 0.255 e. The van der Waals surface area contributed by atoms with E-state index in [1.54, 1.807) is 42.5 Å². The second kappa shape index (κ2) is 10.1. The second-order valence-electron chi connectivity index (χ2n) is 7.02. The number of carbonyl (C=O) groups is 2. The first kappa shape index (κ1) is 22.4. The van der Waals surface area contributed by atoms with E-state index in [0.717, 1.165) is 17.7 Å². The SMILES string of the molecule is CCCNC(=O)c1ccc(Cl)cc1NC(=O)c1cccc(OCc2c(C)noc2C)c1. The highest BCUT2D eigenvalue weighted by Gasteiger charge is 2.16. The van der Waals surface area contributed by atoms with Gasteiger partial charge in [-0.15, -0.1) is 0 Å². The predicted molar refractivity (Wildman–Crippen MR) is 119 cm³/mol. The molecular formula is C23H24ClN3O4. The lowest BCUT2D eigenvalue weighted by molar-refractivity contribution is 0.0954. The summed E-state index contributed by atoms with van der Waals surface area (Å²) in [5.41, 5.74) is 2.71. The molecule has 0 saturated carbocycles. The number of carbonyl (C=O) groups excluding carboxylic acids is 2. The summed E-state index contributed by atoms with van der Waals surface area (Å²) < 4.78 is 11.0. The van der Waals surface area contributed by atoms with Crippen molar-refractivity contribution >= 4 is 29.1 Å². The van der Waals surface area contributed by atoms with Gasteiger partial charge in [0, 0.05) is 17.1 Å². The number of benzene rings is 2. The lowest BCUT2D eigenvalue weighted by Crippen LogP contribution is -2.25. The van der Waals surface area contributed by atoms with Crippen LogP contribution in [0.15, 0.2) is 47.0 Å². The zero-order chi connectivity index (χ0) is 22.4. The Bertz CT molecular complexity index is 1070. The van der Waals surface area contributed by atoms with Crippen molar-refractivity contribution < 1.29 is 18.8 Å². The van der Waals surface area contributed by atoms with Crippen LogP contribution in [0.25, 0.3) is 0 Å². The van der Waals surface area contributed by atoms with Crippen molar-refractivity contribution in [2.45, 2.75) is 33.8 Å². The van der Waals surface area contributed by atoms with Gasteiger partial charge in [-0.2, -0.15) is 0 Å². The van der Waals surface area contributed by atoms with E-state index in [2.05, 4.69) is 15.8 Å². The summed E-state index contributed by atoms with van der Waals surface area (Å²) in [6.45, 7) is 6.45. The molecule has 7 nitrogen and oxygen atoms in total. The van der Waals surface area contributed by atoms with E-state index in [0.29, 0.717) is 39.9 Å². The maximum atomic E-state index is 12.8. The lowest BCUT2D eigenvalue weighted by atomic mass is 10.1. The van der Waals surface area contributed by atoms with Gasteiger partial charge in [0.05, 0.1) is 22.5 Å². The zero-order valence-electron chi connectivity index (χ0n) is 17.6. The van der Waals surface area contributed by atoms with Crippen LogP contribution in [-0.4, -0.2) is 23.5 Å². The number of ether oxygens (including phenoxy) is 1. The fraction of sp³-hybridized carbons (Fsp3) is 0.261. The minimum atomic E-state index is -0.380. The molecule has 0 aliphatic rings. The van der Waals surface area contributed by atoms with Crippen LogP contribution in [0, 0.1) is 13.8 Å². The standard InChI is InChI=1S/C23H24ClN3O4/c1-4-10-25-23(29)19-9-8-17(24)12-21(19)26-22(28)16-6-5-7-18(11-16)30-13-20-14(2)27-31-15(20)3/h5-9,11-12H,4,10,13H2,1-3H3,(H,25,29)(H,26,28). The molecule has 162 valence electrons. The number of hydrogen-bond acceptors (Lipinski definition) is 5. The molecule has 0 spiro atoms. The van der Waals surface area contributed by atoms with Crippen molar-refractivity contribution in [2.75, 3.05) is 11.9 Å². The normalized spacial score (nSPS) is 10.6. The summed E-state index contributed by atoms with van der Waals surface area (Å²) in [5, 5.41) is 9.90. The average molecular weight is 442 g/mol. The molecule has 3 aromatic rings. The molecule has 2 aromatic carbocycles. The molecule has 0 atom stereocenters. The highest BCUT2D eigenvalue weighted by atomic mass is 35.5. The number of amides is 2. The van der Waals surface area contributed by atoms with E-state index in [9.17, 15) is 9.59 Å². The van der Waals surface area contributed by atoms with Crippen LogP contribution >= 0.6 is 11.6 Å². The van der Waals surface area contributed by atoms with Gasteiger partial charge in [0.25, 0.3) is 11.8 Å². The Morgan fingerprint density at radius 3 is 2.65 bits per heavy atom. The molecule has 0 aliphatic carbocycles. The summed E-state index contributed by atoms with van der Waals surface area (Å²) in [6, 6.07) is 11.5. The Kier molecular flexibility index (Phi) is 7.31. The van der Waals surface area contributed by atoms with E-state index in [1.165, 1.54) is 0 Å². The first-order valence-electron chi connectivity index (χ1n) is 9.92. The molecule has 1 heterocycles. The minimum absolute atomic E-state index is 0.273. The van der Waals surface area contributed by atoms with Gasteiger partial charge in [0.1, 0.15) is 18.1 Å². The van der Waals surface area contributed by atoms with Gasteiger partial charge in [-0.1, -0.05) is 29.7 Å². The summed E-state index contributed by atoms with van der Waals surface area (Å²) >= 11 is 6.08. The number of aryl methyl sites for hydroxylation is 2. The number of halogens is 1. The number of anilines is 1. The first-order chi connectivity index (χ1) is 14.9. The van der Waals surface area contributed by atoms with Crippen LogP contribution in [0.2, 0.25) is 5.02 Å². The highest BCUT2D eigenvalue weighted by molar-refractivity contribution is 6.31. The number of nitrogens with one attached hydrogen (secondary N) is 2. The van der Waals surface area contributed by atoms with Crippen LogP contribution in [0.4, 0.5) is 5.69 Å². The van der Waals surface area contributed by atoms with Gasteiger partial charge in [0.15, 0.2) is 0 Å². The molecular weight excluding hydrogens is 418 g/mol. The zero-order valence-corrected chi connectivity index (χ0v) is 18.4.